The van der Waals surface area contributed by atoms with Crippen LogP contribution in [0.25, 0.3) is 0 Å². The van der Waals surface area contributed by atoms with Crippen LogP contribution >= 0.6 is 0 Å². The minimum absolute atomic E-state index is 0.00355. The van der Waals surface area contributed by atoms with Gasteiger partial charge in [0.05, 0.1) is 5.56 Å². The van der Waals surface area contributed by atoms with Crippen LogP contribution in [0.3, 0.4) is 0 Å². The zero-order chi connectivity index (χ0) is 14.5. The van der Waals surface area contributed by atoms with Crippen molar-refractivity contribution in [2.75, 3.05) is 0 Å². The highest BCUT2D eigenvalue weighted by molar-refractivity contribution is 5.94. The minimum atomic E-state index is -0.669. The summed E-state index contributed by atoms with van der Waals surface area (Å²) in [4.78, 5) is 23.4. The number of hydrogen-bond acceptors (Lipinski definition) is 3. The monoisotopic (exact) mass is 260 g/mol. The van der Waals surface area contributed by atoms with Gasteiger partial charge in [-0.25, -0.2) is 4.79 Å². The second kappa shape index (κ2) is 6.32. The average Bonchev–Trinajstić information content (AvgIpc) is 2.36. The standard InChI is InChI=1S/C16H20O3/c1-12(2)14(17)10-11-16(3,4)19-15(18)13-8-6-5-7-9-13/h5-9H,1,10-11H2,2-4H3. The van der Waals surface area contributed by atoms with E-state index in [4.69, 9.17) is 4.74 Å². The lowest BCUT2D eigenvalue weighted by Crippen LogP contribution is -2.29. The maximum absolute atomic E-state index is 11.9. The van der Waals surface area contributed by atoms with Gasteiger partial charge in [0.25, 0.3) is 0 Å². The van der Waals surface area contributed by atoms with Gasteiger partial charge in [-0.1, -0.05) is 24.8 Å². The normalized spacial score (nSPS) is 10.9. The molecule has 0 aliphatic rings. The number of ketones is 1. The fraction of sp³-hybridized carbons (Fsp3) is 0.375. The van der Waals surface area contributed by atoms with Gasteiger partial charge in [-0.05, 0) is 44.9 Å². The number of Topliss-reactive ketones (excluding diaryl/α,β-unsaturated/α-hetero) is 1. The Morgan fingerprint density at radius 1 is 1.21 bits per heavy atom. The first kappa shape index (κ1) is 15.2. The minimum Gasteiger partial charge on any atom is -0.456 e. The van der Waals surface area contributed by atoms with Crippen LogP contribution in [0.2, 0.25) is 0 Å². The molecule has 0 spiro atoms. The molecule has 1 aromatic carbocycles. The first-order valence-corrected chi connectivity index (χ1v) is 6.29. The molecule has 0 saturated heterocycles. The van der Waals surface area contributed by atoms with Gasteiger partial charge >= 0.3 is 5.97 Å². The lowest BCUT2D eigenvalue weighted by atomic mass is 9.98. The molecule has 1 rings (SSSR count). The van der Waals surface area contributed by atoms with E-state index in [0.717, 1.165) is 0 Å². The highest BCUT2D eigenvalue weighted by Crippen LogP contribution is 2.20. The van der Waals surface area contributed by atoms with Crippen molar-refractivity contribution in [2.24, 2.45) is 0 Å². The summed E-state index contributed by atoms with van der Waals surface area (Å²) in [6.07, 6.45) is 0.821. The largest absolute Gasteiger partial charge is 0.456 e. The molecule has 0 aliphatic heterocycles. The van der Waals surface area contributed by atoms with Crippen LogP contribution in [0.1, 0.15) is 44.0 Å². The quantitative estimate of drug-likeness (QED) is 0.580. The molecule has 102 valence electrons. The molecule has 19 heavy (non-hydrogen) atoms. The molecule has 0 atom stereocenters. The SMILES string of the molecule is C=C(C)C(=O)CCC(C)(C)OC(=O)c1ccccc1. The van der Waals surface area contributed by atoms with Crippen molar-refractivity contribution in [3.63, 3.8) is 0 Å². The van der Waals surface area contributed by atoms with E-state index in [0.29, 0.717) is 24.0 Å². The smallest absolute Gasteiger partial charge is 0.338 e. The lowest BCUT2D eigenvalue weighted by Gasteiger charge is -2.25. The number of rotatable bonds is 6. The summed E-state index contributed by atoms with van der Waals surface area (Å²) in [5, 5.41) is 0. The van der Waals surface area contributed by atoms with Crippen molar-refractivity contribution < 1.29 is 14.3 Å². The summed E-state index contributed by atoms with van der Waals surface area (Å²) in [6, 6.07) is 8.82. The van der Waals surface area contributed by atoms with E-state index in [9.17, 15) is 9.59 Å². The van der Waals surface area contributed by atoms with Crippen LogP contribution in [0.4, 0.5) is 0 Å². The molecule has 0 saturated carbocycles. The van der Waals surface area contributed by atoms with Gasteiger partial charge in [0.1, 0.15) is 5.60 Å². The van der Waals surface area contributed by atoms with Crippen molar-refractivity contribution >= 4 is 11.8 Å². The molecule has 0 fully saturated rings. The van der Waals surface area contributed by atoms with Crippen molar-refractivity contribution in [3.8, 4) is 0 Å². The van der Waals surface area contributed by atoms with E-state index in [1.807, 2.05) is 6.07 Å². The molecular formula is C16H20O3. The Kier molecular flexibility index (Phi) is 5.04. The first-order chi connectivity index (χ1) is 8.82. The summed E-state index contributed by atoms with van der Waals surface area (Å²) in [6.45, 7) is 8.90. The third kappa shape index (κ3) is 5.08. The fourth-order valence-corrected chi connectivity index (χ4v) is 1.56. The van der Waals surface area contributed by atoms with E-state index in [1.165, 1.54) is 0 Å². The first-order valence-electron chi connectivity index (χ1n) is 6.29. The predicted molar refractivity (Wildman–Crippen MR) is 75.0 cm³/mol. The van der Waals surface area contributed by atoms with Crippen molar-refractivity contribution in [3.05, 3.63) is 48.0 Å². The number of hydrogen-bond donors (Lipinski definition) is 0. The zero-order valence-corrected chi connectivity index (χ0v) is 11.7. The van der Waals surface area contributed by atoms with Gasteiger partial charge < -0.3 is 4.74 Å². The predicted octanol–water partition coefficient (Wildman–Crippen LogP) is 3.55. The van der Waals surface area contributed by atoms with Crippen LogP contribution < -0.4 is 0 Å². The third-order valence-corrected chi connectivity index (χ3v) is 2.81. The molecule has 3 heteroatoms. The van der Waals surface area contributed by atoms with Crippen LogP contribution in [0.15, 0.2) is 42.5 Å². The third-order valence-electron chi connectivity index (χ3n) is 2.81. The fourth-order valence-electron chi connectivity index (χ4n) is 1.56. The van der Waals surface area contributed by atoms with E-state index in [2.05, 4.69) is 6.58 Å². The molecule has 0 aromatic heterocycles. The number of ether oxygens (including phenoxy) is 1. The van der Waals surface area contributed by atoms with Crippen LogP contribution in [0, 0.1) is 0 Å². The summed E-state index contributed by atoms with van der Waals surface area (Å²) in [7, 11) is 0. The molecule has 0 heterocycles. The van der Waals surface area contributed by atoms with E-state index in [1.54, 1.807) is 45.0 Å². The summed E-state index contributed by atoms with van der Waals surface area (Å²) in [5.41, 5.74) is 0.380. The molecule has 0 bridgehead atoms. The molecule has 0 amide bonds. The number of carbonyl (C=O) groups excluding carboxylic acids is 2. The molecular weight excluding hydrogens is 240 g/mol. The van der Waals surface area contributed by atoms with Crippen molar-refractivity contribution in [1.82, 2.24) is 0 Å². The van der Waals surface area contributed by atoms with Gasteiger partial charge in [-0.15, -0.1) is 0 Å². The Morgan fingerprint density at radius 2 is 1.79 bits per heavy atom. The topological polar surface area (TPSA) is 43.4 Å². The zero-order valence-electron chi connectivity index (χ0n) is 11.7. The van der Waals surface area contributed by atoms with Gasteiger partial charge in [-0.3, -0.25) is 4.79 Å². The average molecular weight is 260 g/mol. The van der Waals surface area contributed by atoms with Crippen LogP contribution in [0.5, 0.6) is 0 Å². The Bertz CT molecular complexity index is 472. The molecule has 3 nitrogen and oxygen atoms in total. The van der Waals surface area contributed by atoms with E-state index >= 15 is 0 Å². The number of carbonyl (C=O) groups is 2. The van der Waals surface area contributed by atoms with Gasteiger partial charge in [0, 0.05) is 6.42 Å². The molecule has 0 aliphatic carbocycles. The number of esters is 1. The lowest BCUT2D eigenvalue weighted by molar-refractivity contribution is -0.116. The second-order valence-corrected chi connectivity index (χ2v) is 5.22. The number of allylic oxidation sites excluding steroid dienone is 1. The van der Waals surface area contributed by atoms with Gasteiger partial charge in [0.15, 0.2) is 5.78 Å². The Hall–Kier alpha value is -1.90. The van der Waals surface area contributed by atoms with Crippen molar-refractivity contribution in [1.29, 1.82) is 0 Å². The van der Waals surface area contributed by atoms with E-state index in [-0.39, 0.29) is 11.8 Å². The molecule has 1 aromatic rings. The highest BCUT2D eigenvalue weighted by Gasteiger charge is 2.24. The van der Waals surface area contributed by atoms with Crippen LogP contribution in [-0.4, -0.2) is 17.4 Å². The highest BCUT2D eigenvalue weighted by atomic mass is 16.6. The molecule has 0 radical (unpaired) electrons. The Labute approximate surface area is 114 Å². The van der Waals surface area contributed by atoms with Crippen LogP contribution in [-0.2, 0) is 9.53 Å². The molecule has 0 N–H and O–H groups in total. The number of benzene rings is 1. The summed E-state index contributed by atoms with van der Waals surface area (Å²) < 4.78 is 5.43. The summed E-state index contributed by atoms with van der Waals surface area (Å²) in [5.74, 6) is -0.364. The van der Waals surface area contributed by atoms with E-state index < -0.39 is 5.60 Å². The Morgan fingerprint density at radius 3 is 2.32 bits per heavy atom. The molecule has 0 unspecified atom stereocenters. The van der Waals surface area contributed by atoms with Gasteiger partial charge in [-0.2, -0.15) is 0 Å². The Balaban J connectivity index is 2.57. The summed E-state index contributed by atoms with van der Waals surface area (Å²) >= 11 is 0. The second-order valence-electron chi connectivity index (χ2n) is 5.22. The maximum atomic E-state index is 11.9. The van der Waals surface area contributed by atoms with Gasteiger partial charge in [0.2, 0.25) is 0 Å². The van der Waals surface area contributed by atoms with Crippen molar-refractivity contribution in [2.45, 2.75) is 39.2 Å². The maximum Gasteiger partial charge on any atom is 0.338 e.